The van der Waals surface area contributed by atoms with Crippen LogP contribution in [0.4, 0.5) is 5.82 Å². The van der Waals surface area contributed by atoms with Crippen molar-refractivity contribution in [1.82, 2.24) is 19.4 Å². The number of nitrogens with two attached hydrogens (primary N) is 1. The predicted octanol–water partition coefficient (Wildman–Crippen LogP) is 3.70. The average molecular weight is 432 g/mol. The van der Waals surface area contributed by atoms with Crippen molar-refractivity contribution >= 4 is 46.6 Å². The van der Waals surface area contributed by atoms with Gasteiger partial charge in [-0.05, 0) is 54.8 Å². The number of imidazole rings is 1. The van der Waals surface area contributed by atoms with Gasteiger partial charge in [-0.3, -0.25) is 4.79 Å². The van der Waals surface area contributed by atoms with E-state index in [0.717, 1.165) is 60.2 Å². The number of nitrogens with zero attached hydrogens (tertiary/aromatic N) is 4. The number of carbonyl (C=O) groups excluding carboxylic acids is 1. The Morgan fingerprint density at radius 3 is 3.03 bits per heavy atom. The number of fused-ring (bicyclic) bond motifs is 1. The molecule has 1 fully saturated rings. The fraction of sp³-hybridized carbons (Fsp3) is 0.350. The van der Waals surface area contributed by atoms with Crippen LogP contribution in [0.2, 0.25) is 5.02 Å². The summed E-state index contributed by atoms with van der Waals surface area (Å²) in [4.78, 5) is 22.6. The average Bonchev–Trinajstić information content (AvgIpc) is 3.33. The third kappa shape index (κ3) is 4.13. The summed E-state index contributed by atoms with van der Waals surface area (Å²) < 4.78 is 7.49. The summed E-state index contributed by atoms with van der Waals surface area (Å²) in [6, 6.07) is 7.48. The second-order valence-electron chi connectivity index (χ2n) is 7.05. The molecule has 29 heavy (non-hydrogen) atoms. The number of carbonyl (C=O) groups is 1. The minimum absolute atomic E-state index is 0.410. The monoisotopic (exact) mass is 431 g/mol. The minimum atomic E-state index is 0.410. The molecule has 1 aliphatic rings. The molecule has 3 heterocycles. The molecule has 0 bridgehead atoms. The van der Waals surface area contributed by atoms with E-state index in [2.05, 4.69) is 9.55 Å². The van der Waals surface area contributed by atoms with Crippen molar-refractivity contribution in [3.05, 3.63) is 35.5 Å². The summed E-state index contributed by atoms with van der Waals surface area (Å²) in [7, 11) is 1.63. The van der Waals surface area contributed by atoms with Gasteiger partial charge in [0, 0.05) is 30.7 Å². The summed E-state index contributed by atoms with van der Waals surface area (Å²) in [6.07, 6.45) is 4.62. The van der Waals surface area contributed by atoms with E-state index < -0.39 is 0 Å². The van der Waals surface area contributed by atoms with Gasteiger partial charge in [-0.1, -0.05) is 11.6 Å². The van der Waals surface area contributed by atoms with Gasteiger partial charge in [0.2, 0.25) is 6.41 Å². The number of benzene rings is 1. The van der Waals surface area contributed by atoms with Gasteiger partial charge in [-0.25, -0.2) is 9.97 Å². The quantitative estimate of drug-likeness (QED) is 0.574. The summed E-state index contributed by atoms with van der Waals surface area (Å²) in [5, 5.41) is 1.44. The Labute approximate surface area is 178 Å². The van der Waals surface area contributed by atoms with Gasteiger partial charge < -0.3 is 19.9 Å². The van der Waals surface area contributed by atoms with Crippen LogP contribution in [0, 0.1) is 5.92 Å². The highest BCUT2D eigenvalue weighted by atomic mass is 35.5. The maximum absolute atomic E-state index is 11.0. The molecule has 1 amide bonds. The molecule has 1 aromatic carbocycles. The SMILES string of the molecule is COc1ccc(Cl)c(Sc2nc3c(N)nccc3n2CCC2CCN(C=O)C2)c1. The van der Waals surface area contributed by atoms with E-state index in [1.54, 1.807) is 13.3 Å². The van der Waals surface area contributed by atoms with Crippen molar-refractivity contribution in [3.8, 4) is 5.75 Å². The van der Waals surface area contributed by atoms with Crippen LogP contribution in [0.1, 0.15) is 12.8 Å². The molecule has 9 heteroatoms. The van der Waals surface area contributed by atoms with Crippen LogP contribution in [0.3, 0.4) is 0 Å². The van der Waals surface area contributed by atoms with Crippen LogP contribution in [-0.2, 0) is 11.3 Å². The summed E-state index contributed by atoms with van der Waals surface area (Å²) in [6.45, 7) is 2.42. The maximum Gasteiger partial charge on any atom is 0.209 e. The third-order valence-corrected chi connectivity index (χ3v) is 6.72. The lowest BCUT2D eigenvalue weighted by molar-refractivity contribution is -0.117. The molecule has 0 radical (unpaired) electrons. The summed E-state index contributed by atoms with van der Waals surface area (Å²) in [5.74, 6) is 1.63. The number of anilines is 1. The van der Waals surface area contributed by atoms with Crippen LogP contribution < -0.4 is 10.5 Å². The Balaban J connectivity index is 1.65. The van der Waals surface area contributed by atoms with Crippen molar-refractivity contribution in [2.24, 2.45) is 5.92 Å². The standard InChI is InChI=1S/C20H22ClN5O2S/c1-28-14-2-3-15(21)17(10-14)29-20-24-18-16(4-7-23-19(18)22)26(20)9-6-13-5-8-25(11-13)12-27/h2-4,7,10,12-13H,5-6,8-9,11H2,1H3,(H2,22,23). The predicted molar refractivity (Wildman–Crippen MR) is 114 cm³/mol. The first-order valence-electron chi connectivity index (χ1n) is 9.40. The van der Waals surface area contributed by atoms with Crippen molar-refractivity contribution in [3.63, 3.8) is 0 Å². The number of nitrogen functional groups attached to an aromatic ring is 1. The van der Waals surface area contributed by atoms with Crippen molar-refractivity contribution in [2.45, 2.75) is 29.4 Å². The molecule has 3 aromatic rings. The van der Waals surface area contributed by atoms with Crippen LogP contribution in [0.25, 0.3) is 11.0 Å². The highest BCUT2D eigenvalue weighted by molar-refractivity contribution is 7.99. The Hall–Kier alpha value is -2.45. The molecule has 0 aliphatic carbocycles. The lowest BCUT2D eigenvalue weighted by atomic mass is 10.1. The molecule has 1 saturated heterocycles. The fourth-order valence-corrected chi connectivity index (χ4v) is 4.85. The molecule has 1 unspecified atom stereocenters. The number of aromatic nitrogens is 3. The number of methoxy groups -OCH3 is 1. The van der Waals surface area contributed by atoms with Gasteiger partial charge >= 0.3 is 0 Å². The van der Waals surface area contributed by atoms with Gasteiger partial charge in [0.25, 0.3) is 0 Å². The molecule has 0 saturated carbocycles. The number of halogens is 1. The molecule has 152 valence electrons. The summed E-state index contributed by atoms with van der Waals surface area (Å²) in [5.41, 5.74) is 7.71. The molecule has 1 aliphatic heterocycles. The molecule has 2 N–H and O–H groups in total. The van der Waals surface area contributed by atoms with E-state index in [-0.39, 0.29) is 0 Å². The lowest BCUT2D eigenvalue weighted by Crippen LogP contribution is -2.18. The Morgan fingerprint density at radius 2 is 2.28 bits per heavy atom. The first-order chi connectivity index (χ1) is 14.1. The van der Waals surface area contributed by atoms with E-state index in [0.29, 0.717) is 22.3 Å². The number of ether oxygens (including phenoxy) is 1. The van der Waals surface area contributed by atoms with Gasteiger partial charge in [-0.2, -0.15) is 0 Å². The third-order valence-electron chi connectivity index (χ3n) is 5.23. The molecular formula is C20H22ClN5O2S. The second-order valence-corrected chi connectivity index (χ2v) is 8.47. The van der Waals surface area contributed by atoms with Crippen LogP contribution in [0.15, 0.2) is 40.5 Å². The molecule has 2 aromatic heterocycles. The number of hydrogen-bond acceptors (Lipinski definition) is 6. The fourth-order valence-electron chi connectivity index (χ4n) is 3.64. The molecule has 7 nitrogen and oxygen atoms in total. The largest absolute Gasteiger partial charge is 0.497 e. The van der Waals surface area contributed by atoms with E-state index >= 15 is 0 Å². The summed E-state index contributed by atoms with van der Waals surface area (Å²) >= 11 is 7.89. The normalized spacial score (nSPS) is 16.5. The van der Waals surface area contributed by atoms with Crippen molar-refractivity contribution in [2.75, 3.05) is 25.9 Å². The zero-order chi connectivity index (χ0) is 20.4. The van der Waals surface area contributed by atoms with E-state index in [1.807, 2.05) is 29.2 Å². The lowest BCUT2D eigenvalue weighted by Gasteiger charge is -2.14. The topological polar surface area (TPSA) is 86.3 Å². The van der Waals surface area contributed by atoms with Gasteiger partial charge in [-0.15, -0.1) is 0 Å². The smallest absolute Gasteiger partial charge is 0.209 e. The highest BCUT2D eigenvalue weighted by Crippen LogP contribution is 2.37. The first kappa shape index (κ1) is 19.8. The van der Waals surface area contributed by atoms with Gasteiger partial charge in [0.1, 0.15) is 11.3 Å². The van der Waals surface area contributed by atoms with Crippen molar-refractivity contribution in [1.29, 1.82) is 0 Å². The first-order valence-corrected chi connectivity index (χ1v) is 10.6. The maximum atomic E-state index is 11.0. The molecule has 0 spiro atoms. The second kappa shape index (κ2) is 8.51. The van der Waals surface area contributed by atoms with Gasteiger partial charge in [0.05, 0.1) is 17.6 Å². The van der Waals surface area contributed by atoms with Crippen LogP contribution >= 0.6 is 23.4 Å². The number of amides is 1. The molecule has 4 rings (SSSR count). The number of hydrogen-bond donors (Lipinski definition) is 1. The number of rotatable bonds is 7. The number of aryl methyl sites for hydroxylation is 1. The zero-order valence-corrected chi connectivity index (χ0v) is 17.6. The minimum Gasteiger partial charge on any atom is -0.497 e. The zero-order valence-electron chi connectivity index (χ0n) is 16.0. The van der Waals surface area contributed by atoms with Gasteiger partial charge in [0.15, 0.2) is 11.0 Å². The van der Waals surface area contributed by atoms with Crippen LogP contribution in [0.5, 0.6) is 5.75 Å². The van der Waals surface area contributed by atoms with Crippen LogP contribution in [-0.4, -0.2) is 46.0 Å². The van der Waals surface area contributed by atoms with E-state index in [4.69, 9.17) is 27.1 Å². The van der Waals surface area contributed by atoms with Crippen molar-refractivity contribution < 1.29 is 9.53 Å². The Morgan fingerprint density at radius 1 is 1.41 bits per heavy atom. The Bertz CT molecular complexity index is 1040. The van der Waals surface area contributed by atoms with E-state index in [9.17, 15) is 4.79 Å². The number of likely N-dealkylation sites (tertiary alicyclic amines) is 1. The van der Waals surface area contributed by atoms with E-state index in [1.165, 1.54) is 11.8 Å². The highest BCUT2D eigenvalue weighted by Gasteiger charge is 2.22. The Kier molecular flexibility index (Phi) is 5.82. The number of pyridine rings is 1. The molecule has 1 atom stereocenters. The molecular weight excluding hydrogens is 410 g/mol.